The summed E-state index contributed by atoms with van der Waals surface area (Å²) in [6.45, 7) is -0.458. The van der Waals surface area contributed by atoms with Gasteiger partial charge in [-0.2, -0.15) is 13.2 Å². The first kappa shape index (κ1) is 17.1. The van der Waals surface area contributed by atoms with E-state index in [1.165, 1.54) is 0 Å². The Morgan fingerprint density at radius 2 is 1.87 bits per heavy atom. The van der Waals surface area contributed by atoms with Crippen molar-refractivity contribution in [1.29, 1.82) is 0 Å². The molecule has 0 saturated carbocycles. The maximum absolute atomic E-state index is 12.4. The molecule has 23 heavy (non-hydrogen) atoms. The summed E-state index contributed by atoms with van der Waals surface area (Å²) in [6, 6.07) is 4.04. The van der Waals surface area contributed by atoms with Crippen LogP contribution in [0.25, 0.3) is 0 Å². The predicted molar refractivity (Wildman–Crippen MR) is 77.5 cm³/mol. The normalized spacial score (nSPS) is 17.6. The second-order valence-electron chi connectivity index (χ2n) is 5.21. The molecule has 1 N–H and O–H groups in total. The van der Waals surface area contributed by atoms with Crippen LogP contribution in [0.1, 0.15) is 24.8 Å². The Balaban J connectivity index is 1.80. The van der Waals surface area contributed by atoms with Gasteiger partial charge in [-0.05, 0) is 43.5 Å². The summed E-state index contributed by atoms with van der Waals surface area (Å²) in [5.41, 5.74) is -0.591. The number of esters is 1. The lowest BCUT2D eigenvalue weighted by atomic mass is 9.95. The summed E-state index contributed by atoms with van der Waals surface area (Å²) in [7, 11) is 0. The summed E-state index contributed by atoms with van der Waals surface area (Å²) >= 11 is 0. The van der Waals surface area contributed by atoms with Crippen molar-refractivity contribution < 1.29 is 27.5 Å². The summed E-state index contributed by atoms with van der Waals surface area (Å²) < 4.78 is 42.2. The van der Waals surface area contributed by atoms with Gasteiger partial charge in [0.25, 0.3) is 5.91 Å². The van der Waals surface area contributed by atoms with Gasteiger partial charge >= 0.3 is 12.1 Å². The fraction of sp³-hybridized carbons (Fsp3) is 0.375. The molecule has 0 aliphatic heterocycles. The Morgan fingerprint density at radius 1 is 1.17 bits per heavy atom. The summed E-state index contributed by atoms with van der Waals surface area (Å²) in [5.74, 6) is -1.26. The van der Waals surface area contributed by atoms with Crippen LogP contribution in [-0.2, 0) is 20.5 Å². The molecule has 1 aliphatic rings. The van der Waals surface area contributed by atoms with E-state index < -0.39 is 30.2 Å². The van der Waals surface area contributed by atoms with Crippen molar-refractivity contribution in [3.05, 3.63) is 42.0 Å². The average Bonchev–Trinajstić information content (AvgIpc) is 2.53. The second-order valence-corrected chi connectivity index (χ2v) is 5.21. The number of halogens is 3. The highest BCUT2D eigenvalue weighted by Gasteiger charge is 2.30. The zero-order valence-electron chi connectivity index (χ0n) is 12.2. The Hall–Kier alpha value is -2.31. The molecule has 0 saturated heterocycles. The topological polar surface area (TPSA) is 55.4 Å². The van der Waals surface area contributed by atoms with Crippen LogP contribution in [0.2, 0.25) is 0 Å². The Labute approximate surface area is 131 Å². The van der Waals surface area contributed by atoms with Crippen LogP contribution in [0.5, 0.6) is 0 Å². The first-order valence-corrected chi connectivity index (χ1v) is 7.15. The van der Waals surface area contributed by atoms with E-state index in [9.17, 15) is 22.8 Å². The second kappa shape index (κ2) is 7.30. The van der Waals surface area contributed by atoms with Crippen LogP contribution >= 0.6 is 0 Å². The maximum atomic E-state index is 12.4. The number of benzene rings is 1. The van der Waals surface area contributed by atoms with E-state index in [1.807, 2.05) is 12.2 Å². The number of ether oxygens (including phenoxy) is 1. The zero-order valence-corrected chi connectivity index (χ0v) is 12.2. The van der Waals surface area contributed by atoms with Crippen molar-refractivity contribution in [2.75, 3.05) is 11.9 Å². The van der Waals surface area contributed by atoms with Crippen molar-refractivity contribution in [3.8, 4) is 0 Å². The van der Waals surface area contributed by atoms with E-state index in [1.54, 1.807) is 0 Å². The first-order chi connectivity index (χ1) is 10.9. The Bertz CT molecular complexity index is 594. The molecule has 0 bridgehead atoms. The van der Waals surface area contributed by atoms with Gasteiger partial charge < -0.3 is 10.1 Å². The van der Waals surface area contributed by atoms with Gasteiger partial charge in [0.15, 0.2) is 6.61 Å². The maximum Gasteiger partial charge on any atom is 0.416 e. The third kappa shape index (κ3) is 5.12. The Morgan fingerprint density at radius 3 is 2.43 bits per heavy atom. The molecular weight excluding hydrogens is 311 g/mol. The number of carbonyl (C=O) groups excluding carboxylic acids is 2. The standard InChI is InChI=1S/C16H16F3NO3/c17-16(18,19)12-6-8-13(9-7-12)20-14(21)10-23-15(22)11-4-2-1-3-5-11/h1-2,6-9,11H,3-5,10H2,(H,20,21)/t11-/m0/s1. The molecule has 1 aromatic carbocycles. The highest BCUT2D eigenvalue weighted by atomic mass is 19.4. The van der Waals surface area contributed by atoms with Gasteiger partial charge in [0, 0.05) is 5.69 Å². The number of amides is 1. The van der Waals surface area contributed by atoms with Gasteiger partial charge in [-0.25, -0.2) is 0 Å². The van der Waals surface area contributed by atoms with Gasteiger partial charge in [-0.1, -0.05) is 12.2 Å². The number of hydrogen-bond donors (Lipinski definition) is 1. The highest BCUT2D eigenvalue weighted by molar-refractivity contribution is 5.92. The van der Waals surface area contributed by atoms with E-state index in [0.717, 1.165) is 30.7 Å². The monoisotopic (exact) mass is 327 g/mol. The minimum absolute atomic E-state index is 0.208. The van der Waals surface area contributed by atoms with Crippen LogP contribution in [0, 0.1) is 5.92 Å². The molecule has 124 valence electrons. The van der Waals surface area contributed by atoms with Gasteiger partial charge in [0.1, 0.15) is 0 Å². The number of hydrogen-bond acceptors (Lipinski definition) is 3. The van der Waals surface area contributed by atoms with Gasteiger partial charge in [-0.3, -0.25) is 9.59 Å². The van der Waals surface area contributed by atoms with Crippen molar-refractivity contribution in [3.63, 3.8) is 0 Å². The van der Waals surface area contributed by atoms with E-state index in [-0.39, 0.29) is 11.6 Å². The summed E-state index contributed by atoms with van der Waals surface area (Å²) in [6.07, 6.45) is 1.55. The van der Waals surface area contributed by atoms with Crippen LogP contribution < -0.4 is 5.32 Å². The molecule has 1 aliphatic carbocycles. The van der Waals surface area contributed by atoms with Gasteiger partial charge in [-0.15, -0.1) is 0 Å². The third-order valence-electron chi connectivity index (χ3n) is 3.44. The van der Waals surface area contributed by atoms with Crippen LogP contribution in [0.4, 0.5) is 18.9 Å². The lowest BCUT2D eigenvalue weighted by Crippen LogP contribution is -2.25. The third-order valence-corrected chi connectivity index (χ3v) is 3.44. The lowest BCUT2D eigenvalue weighted by molar-refractivity contribution is -0.151. The molecule has 1 atom stereocenters. The molecule has 0 radical (unpaired) electrons. The van der Waals surface area contributed by atoms with E-state index in [0.29, 0.717) is 12.8 Å². The Kier molecular flexibility index (Phi) is 5.41. The number of carbonyl (C=O) groups is 2. The molecule has 0 spiro atoms. The van der Waals surface area contributed by atoms with Crippen LogP contribution in [-0.4, -0.2) is 18.5 Å². The van der Waals surface area contributed by atoms with E-state index >= 15 is 0 Å². The molecule has 7 heteroatoms. The summed E-state index contributed by atoms with van der Waals surface area (Å²) in [5, 5.41) is 2.38. The SMILES string of the molecule is O=C(COC(=O)[C@H]1CC=CCC1)Nc1ccc(C(F)(F)F)cc1. The highest BCUT2D eigenvalue weighted by Crippen LogP contribution is 2.29. The molecular formula is C16H16F3NO3. The average molecular weight is 327 g/mol. The zero-order chi connectivity index (χ0) is 16.9. The minimum Gasteiger partial charge on any atom is -0.455 e. The van der Waals surface area contributed by atoms with Crippen molar-refractivity contribution in [2.45, 2.75) is 25.4 Å². The van der Waals surface area contributed by atoms with E-state index in [4.69, 9.17) is 4.74 Å². The number of allylic oxidation sites excluding steroid dienone is 2. The molecule has 0 heterocycles. The molecule has 4 nitrogen and oxygen atoms in total. The molecule has 0 fully saturated rings. The van der Waals surface area contributed by atoms with Crippen molar-refractivity contribution in [2.24, 2.45) is 5.92 Å². The molecule has 1 amide bonds. The summed E-state index contributed by atoms with van der Waals surface area (Å²) in [4.78, 5) is 23.4. The number of alkyl halides is 3. The van der Waals surface area contributed by atoms with Crippen LogP contribution in [0.3, 0.4) is 0 Å². The fourth-order valence-corrected chi connectivity index (χ4v) is 2.20. The van der Waals surface area contributed by atoms with Gasteiger partial charge in [0.2, 0.25) is 0 Å². The number of rotatable bonds is 4. The molecule has 0 aromatic heterocycles. The van der Waals surface area contributed by atoms with Crippen molar-refractivity contribution >= 4 is 17.6 Å². The minimum atomic E-state index is -4.42. The van der Waals surface area contributed by atoms with E-state index in [2.05, 4.69) is 5.32 Å². The fourth-order valence-electron chi connectivity index (χ4n) is 2.20. The molecule has 1 aromatic rings. The largest absolute Gasteiger partial charge is 0.455 e. The van der Waals surface area contributed by atoms with Crippen molar-refractivity contribution in [1.82, 2.24) is 0 Å². The van der Waals surface area contributed by atoms with Crippen LogP contribution in [0.15, 0.2) is 36.4 Å². The smallest absolute Gasteiger partial charge is 0.416 e. The lowest BCUT2D eigenvalue weighted by Gasteiger charge is -2.16. The molecule has 2 rings (SSSR count). The van der Waals surface area contributed by atoms with Gasteiger partial charge in [0.05, 0.1) is 11.5 Å². The number of nitrogens with one attached hydrogen (secondary N) is 1. The number of anilines is 1. The predicted octanol–water partition coefficient (Wildman–Crippen LogP) is 3.54. The first-order valence-electron chi connectivity index (χ1n) is 7.15. The molecule has 0 unspecified atom stereocenters. The quantitative estimate of drug-likeness (QED) is 0.680.